The van der Waals surface area contributed by atoms with Crippen molar-refractivity contribution in [3.05, 3.63) is 75.0 Å². The molecule has 3 aromatic rings. The minimum atomic E-state index is 0.425. The van der Waals surface area contributed by atoms with Crippen LogP contribution >= 0.6 is 23.2 Å². The number of benzene rings is 1. The zero-order valence-corrected chi connectivity index (χ0v) is 15.1. The van der Waals surface area contributed by atoms with Crippen LogP contribution in [0.1, 0.15) is 28.3 Å². The van der Waals surface area contributed by atoms with Gasteiger partial charge in [0.2, 0.25) is 0 Å². The smallest absolute Gasteiger partial charge is 0.135 e. The molecule has 0 aliphatic rings. The van der Waals surface area contributed by atoms with E-state index in [2.05, 4.69) is 26.4 Å². The van der Waals surface area contributed by atoms with Crippen molar-refractivity contribution in [3.8, 4) is 17.5 Å². The minimum absolute atomic E-state index is 0.425. The average molecular weight is 356 g/mol. The molecule has 3 nitrogen and oxygen atoms in total. The monoisotopic (exact) mass is 355 g/mol. The van der Waals surface area contributed by atoms with E-state index in [0.29, 0.717) is 5.15 Å². The van der Waals surface area contributed by atoms with Crippen molar-refractivity contribution in [2.75, 3.05) is 0 Å². The Morgan fingerprint density at radius 3 is 2.50 bits per heavy atom. The second-order valence-corrected chi connectivity index (χ2v) is 6.27. The summed E-state index contributed by atoms with van der Waals surface area (Å²) in [5.41, 5.74) is 4.54. The first-order valence-corrected chi connectivity index (χ1v) is 8.17. The molecule has 0 aliphatic heterocycles. The van der Waals surface area contributed by atoms with E-state index in [1.165, 1.54) is 0 Å². The Kier molecular flexibility index (Phi) is 4.62. The van der Waals surface area contributed by atoms with Gasteiger partial charge in [-0.15, -0.1) is 0 Å². The molecule has 0 spiro atoms. The van der Waals surface area contributed by atoms with Crippen molar-refractivity contribution < 1.29 is 0 Å². The maximum atomic E-state index is 6.25. The average Bonchev–Trinajstić information content (AvgIpc) is 2.82. The van der Waals surface area contributed by atoms with Crippen LogP contribution in [0, 0.1) is 32.6 Å². The van der Waals surface area contributed by atoms with Crippen LogP contribution < -0.4 is 0 Å². The van der Waals surface area contributed by atoms with Gasteiger partial charge in [-0.05, 0) is 56.5 Å². The lowest BCUT2D eigenvalue weighted by Crippen LogP contribution is -1.99. The SMILES string of the molecule is Cc1ccc(-n2c(C)nc(C#Cc3ccnc(Cl)c3)c2C)cc1Cl. The Balaban J connectivity index is 2.03. The maximum absolute atomic E-state index is 6.25. The van der Waals surface area contributed by atoms with Gasteiger partial charge in [0.1, 0.15) is 16.7 Å². The van der Waals surface area contributed by atoms with E-state index in [1.54, 1.807) is 12.3 Å². The molecular weight excluding hydrogens is 341 g/mol. The van der Waals surface area contributed by atoms with Gasteiger partial charge in [0.15, 0.2) is 0 Å². The highest BCUT2D eigenvalue weighted by atomic mass is 35.5. The molecule has 120 valence electrons. The number of aryl methyl sites for hydroxylation is 2. The van der Waals surface area contributed by atoms with Crippen molar-refractivity contribution in [3.63, 3.8) is 0 Å². The summed E-state index contributed by atoms with van der Waals surface area (Å²) in [6.45, 7) is 5.93. The second-order valence-electron chi connectivity index (χ2n) is 5.48. The molecule has 5 heteroatoms. The number of aromatic nitrogens is 3. The molecule has 24 heavy (non-hydrogen) atoms. The van der Waals surface area contributed by atoms with Crippen molar-refractivity contribution in [1.29, 1.82) is 0 Å². The Hall–Kier alpha value is -2.28. The quantitative estimate of drug-likeness (QED) is 0.459. The number of pyridine rings is 1. The summed E-state index contributed by atoms with van der Waals surface area (Å²) in [6, 6.07) is 9.52. The fourth-order valence-electron chi connectivity index (χ4n) is 2.47. The van der Waals surface area contributed by atoms with Crippen LogP contribution in [0.15, 0.2) is 36.5 Å². The van der Waals surface area contributed by atoms with E-state index in [4.69, 9.17) is 23.2 Å². The van der Waals surface area contributed by atoms with Crippen LogP contribution in [-0.4, -0.2) is 14.5 Å². The van der Waals surface area contributed by atoms with E-state index in [-0.39, 0.29) is 0 Å². The number of nitrogens with zero attached hydrogens (tertiary/aromatic N) is 3. The summed E-state index contributed by atoms with van der Waals surface area (Å²) >= 11 is 12.1. The van der Waals surface area contributed by atoms with Gasteiger partial charge < -0.3 is 0 Å². The number of rotatable bonds is 1. The Labute approximate surface area is 151 Å². The predicted octanol–water partition coefficient (Wildman–Crippen LogP) is 4.90. The Morgan fingerprint density at radius 2 is 1.79 bits per heavy atom. The van der Waals surface area contributed by atoms with Crippen molar-refractivity contribution in [2.24, 2.45) is 0 Å². The van der Waals surface area contributed by atoms with Gasteiger partial charge in [-0.3, -0.25) is 4.57 Å². The van der Waals surface area contributed by atoms with E-state index in [9.17, 15) is 0 Å². The molecule has 0 atom stereocenters. The highest BCUT2D eigenvalue weighted by Gasteiger charge is 2.11. The summed E-state index contributed by atoms with van der Waals surface area (Å²) in [5, 5.41) is 1.16. The minimum Gasteiger partial charge on any atom is -0.300 e. The van der Waals surface area contributed by atoms with E-state index in [1.807, 2.05) is 45.0 Å². The molecule has 2 aromatic heterocycles. The first-order valence-electron chi connectivity index (χ1n) is 7.42. The third-order valence-electron chi connectivity index (χ3n) is 3.74. The standard InChI is InChI=1S/C19H15Cl2N3/c1-12-4-6-16(11-17(12)20)24-13(2)18(23-14(24)3)7-5-15-8-9-22-19(21)10-15/h4,6,8-11H,1-3H3. The highest BCUT2D eigenvalue weighted by molar-refractivity contribution is 6.31. The number of halogens is 2. The van der Waals surface area contributed by atoms with Crippen molar-refractivity contribution >= 4 is 23.2 Å². The summed E-state index contributed by atoms with van der Waals surface area (Å²) in [6.07, 6.45) is 1.64. The molecule has 0 radical (unpaired) electrons. The molecule has 1 aromatic carbocycles. The molecule has 0 unspecified atom stereocenters. The fraction of sp³-hybridized carbons (Fsp3) is 0.158. The topological polar surface area (TPSA) is 30.7 Å². The van der Waals surface area contributed by atoms with E-state index < -0.39 is 0 Å². The van der Waals surface area contributed by atoms with Gasteiger partial charge in [-0.1, -0.05) is 35.2 Å². The summed E-state index contributed by atoms with van der Waals surface area (Å²) in [5.74, 6) is 7.06. The Bertz CT molecular complexity index is 978. The second kappa shape index (κ2) is 6.68. The highest BCUT2D eigenvalue weighted by Crippen LogP contribution is 2.23. The third-order valence-corrected chi connectivity index (χ3v) is 4.35. The zero-order chi connectivity index (χ0) is 17.3. The van der Waals surface area contributed by atoms with Crippen LogP contribution in [0.2, 0.25) is 10.2 Å². The summed E-state index contributed by atoms with van der Waals surface area (Å²) < 4.78 is 2.05. The lowest BCUT2D eigenvalue weighted by Gasteiger charge is -2.09. The number of imidazole rings is 1. The first-order chi connectivity index (χ1) is 11.5. The van der Waals surface area contributed by atoms with Crippen LogP contribution in [-0.2, 0) is 0 Å². The largest absolute Gasteiger partial charge is 0.300 e. The van der Waals surface area contributed by atoms with Crippen molar-refractivity contribution in [2.45, 2.75) is 20.8 Å². The molecular formula is C19H15Cl2N3. The number of hydrogen-bond donors (Lipinski definition) is 0. The van der Waals surface area contributed by atoms with E-state index >= 15 is 0 Å². The van der Waals surface area contributed by atoms with Gasteiger partial charge in [-0.2, -0.15) is 0 Å². The van der Waals surface area contributed by atoms with Crippen LogP contribution in [0.4, 0.5) is 0 Å². The molecule has 2 heterocycles. The third kappa shape index (κ3) is 3.31. The van der Waals surface area contributed by atoms with Gasteiger partial charge >= 0.3 is 0 Å². The molecule has 0 N–H and O–H groups in total. The fourth-order valence-corrected chi connectivity index (χ4v) is 2.82. The van der Waals surface area contributed by atoms with Crippen LogP contribution in [0.3, 0.4) is 0 Å². The lowest BCUT2D eigenvalue weighted by molar-refractivity contribution is 0.940. The Morgan fingerprint density at radius 1 is 1.00 bits per heavy atom. The first kappa shape index (κ1) is 16.6. The van der Waals surface area contributed by atoms with Crippen molar-refractivity contribution in [1.82, 2.24) is 14.5 Å². The molecule has 0 amide bonds. The molecule has 0 bridgehead atoms. The normalized spacial score (nSPS) is 10.4. The molecule has 0 saturated carbocycles. The zero-order valence-electron chi connectivity index (χ0n) is 13.6. The van der Waals surface area contributed by atoms with Gasteiger partial charge in [-0.25, -0.2) is 9.97 Å². The maximum Gasteiger partial charge on any atom is 0.135 e. The molecule has 0 fully saturated rings. The van der Waals surface area contributed by atoms with Gasteiger partial charge in [0.05, 0.1) is 5.69 Å². The predicted molar refractivity (Wildman–Crippen MR) is 98.0 cm³/mol. The summed E-state index contributed by atoms with van der Waals surface area (Å²) in [7, 11) is 0. The number of hydrogen-bond acceptors (Lipinski definition) is 2. The van der Waals surface area contributed by atoms with Crippen LogP contribution in [0.5, 0.6) is 0 Å². The van der Waals surface area contributed by atoms with Crippen LogP contribution in [0.25, 0.3) is 5.69 Å². The molecule has 3 rings (SSSR count). The lowest BCUT2D eigenvalue weighted by atomic mass is 10.2. The van der Waals surface area contributed by atoms with Gasteiger partial charge in [0, 0.05) is 22.5 Å². The van der Waals surface area contributed by atoms with E-state index in [0.717, 1.165) is 39.0 Å². The molecule has 0 aliphatic carbocycles. The summed E-state index contributed by atoms with van der Waals surface area (Å²) in [4.78, 5) is 8.52. The molecule has 0 saturated heterocycles. The van der Waals surface area contributed by atoms with Gasteiger partial charge in [0.25, 0.3) is 0 Å².